The summed E-state index contributed by atoms with van der Waals surface area (Å²) in [7, 11) is 0. The lowest BCUT2D eigenvalue weighted by Crippen LogP contribution is -2.70. The standard InChI is InChI=1S/C23H17Cl3N6O6S/c24-12-1-3-15(14(26)5-12)38-16-4-2-13(25)6-17(16)37-8-11-9-39-22-19(21(34)32(22)20(11)23(35)36)28-18(33)7-31-10-27-29-30-31/h1-6,10,19,22H,7-9H2,(H,28,33)(H,35,36)/t19?,22-/m0/s1. The number of ether oxygens (including phenoxy) is 2. The van der Waals surface area contributed by atoms with E-state index >= 15 is 0 Å². The van der Waals surface area contributed by atoms with Crippen molar-refractivity contribution in [3.63, 3.8) is 0 Å². The van der Waals surface area contributed by atoms with Gasteiger partial charge in [0.15, 0.2) is 11.5 Å². The van der Waals surface area contributed by atoms with Gasteiger partial charge in [-0.2, -0.15) is 0 Å². The molecular formula is C23H17Cl3N6O6S. The third kappa shape index (κ3) is 5.76. The molecule has 1 aromatic heterocycles. The number of thioether (sulfide) groups is 1. The Labute approximate surface area is 239 Å². The summed E-state index contributed by atoms with van der Waals surface area (Å²) in [5, 5.41) is 23.6. The first-order valence-electron chi connectivity index (χ1n) is 11.2. The van der Waals surface area contributed by atoms with Gasteiger partial charge < -0.3 is 19.9 Å². The minimum Gasteiger partial charge on any atom is -0.485 e. The number of fused-ring (bicyclic) bond motifs is 1. The number of tetrazole rings is 1. The molecule has 0 saturated carbocycles. The fourth-order valence-corrected chi connectivity index (χ4v) is 5.87. The van der Waals surface area contributed by atoms with Crippen molar-refractivity contribution in [3.8, 4) is 17.2 Å². The van der Waals surface area contributed by atoms with Gasteiger partial charge in [0.05, 0.1) is 5.02 Å². The first kappa shape index (κ1) is 27.1. The topological polar surface area (TPSA) is 149 Å². The molecule has 3 aromatic rings. The molecule has 2 aliphatic heterocycles. The van der Waals surface area contributed by atoms with E-state index < -0.39 is 29.2 Å². The quantitative estimate of drug-likeness (QED) is 0.345. The number of amides is 2. The van der Waals surface area contributed by atoms with Crippen LogP contribution in [0.1, 0.15) is 0 Å². The molecule has 16 heteroatoms. The lowest BCUT2D eigenvalue weighted by Gasteiger charge is -2.49. The normalized spacial score (nSPS) is 18.3. The van der Waals surface area contributed by atoms with Crippen molar-refractivity contribution in [3.05, 3.63) is 69.1 Å². The summed E-state index contributed by atoms with van der Waals surface area (Å²) in [6, 6.07) is 8.56. The molecule has 2 atom stereocenters. The van der Waals surface area contributed by atoms with Crippen molar-refractivity contribution in [2.75, 3.05) is 12.4 Å². The van der Waals surface area contributed by atoms with Crippen molar-refractivity contribution < 1.29 is 29.0 Å². The predicted molar refractivity (Wildman–Crippen MR) is 141 cm³/mol. The number of carboxylic acids is 1. The number of hydrogen-bond donors (Lipinski definition) is 2. The minimum absolute atomic E-state index is 0.160. The van der Waals surface area contributed by atoms with E-state index in [1.807, 2.05) is 0 Å². The molecule has 1 saturated heterocycles. The van der Waals surface area contributed by atoms with Crippen molar-refractivity contribution in [2.45, 2.75) is 18.0 Å². The molecule has 39 heavy (non-hydrogen) atoms. The van der Waals surface area contributed by atoms with Gasteiger partial charge in [0, 0.05) is 27.4 Å². The van der Waals surface area contributed by atoms with Crippen LogP contribution in [0.3, 0.4) is 0 Å². The number of carbonyl (C=O) groups excluding carboxylic acids is 2. The molecule has 202 valence electrons. The summed E-state index contributed by atoms with van der Waals surface area (Å²) in [6.45, 7) is -0.341. The van der Waals surface area contributed by atoms with E-state index in [4.69, 9.17) is 44.3 Å². The highest BCUT2D eigenvalue weighted by Gasteiger charge is 2.54. The highest BCUT2D eigenvalue weighted by molar-refractivity contribution is 8.00. The second kappa shape index (κ2) is 11.3. The lowest BCUT2D eigenvalue weighted by atomic mass is 10.0. The summed E-state index contributed by atoms with van der Waals surface area (Å²) in [5.74, 6) is -1.22. The zero-order valence-electron chi connectivity index (χ0n) is 19.6. The number of aromatic nitrogens is 4. The maximum Gasteiger partial charge on any atom is 0.352 e. The molecule has 5 rings (SSSR count). The summed E-state index contributed by atoms with van der Waals surface area (Å²) in [5.41, 5.74) is 0.172. The Morgan fingerprint density at radius 3 is 2.54 bits per heavy atom. The van der Waals surface area contributed by atoms with Gasteiger partial charge >= 0.3 is 5.97 Å². The van der Waals surface area contributed by atoms with Crippen molar-refractivity contribution >= 4 is 64.3 Å². The van der Waals surface area contributed by atoms with Crippen LogP contribution in [0.5, 0.6) is 17.2 Å². The molecule has 2 aliphatic rings. The summed E-state index contributed by atoms with van der Waals surface area (Å²) >= 11 is 19.6. The SMILES string of the molecule is O=C(Cn1cnnn1)NC1C(=O)N2C(C(=O)O)=C(COc3cc(Cl)ccc3Oc3ccc(Cl)cc3Cl)CS[C@@H]12. The molecule has 0 aliphatic carbocycles. The minimum atomic E-state index is -1.29. The van der Waals surface area contributed by atoms with Crippen LogP contribution in [0.25, 0.3) is 0 Å². The number of benzene rings is 2. The fraction of sp³-hybridized carbons (Fsp3) is 0.217. The lowest BCUT2D eigenvalue weighted by molar-refractivity contribution is -0.150. The molecule has 12 nitrogen and oxygen atoms in total. The van der Waals surface area contributed by atoms with Crippen molar-refractivity contribution in [2.24, 2.45) is 0 Å². The third-order valence-electron chi connectivity index (χ3n) is 5.68. The molecule has 2 aromatic carbocycles. The van der Waals surface area contributed by atoms with Gasteiger partial charge in [-0.15, -0.1) is 16.9 Å². The van der Waals surface area contributed by atoms with Gasteiger partial charge in [0.1, 0.15) is 42.3 Å². The van der Waals surface area contributed by atoms with E-state index in [0.717, 1.165) is 4.90 Å². The van der Waals surface area contributed by atoms with Crippen LogP contribution < -0.4 is 14.8 Å². The smallest absolute Gasteiger partial charge is 0.352 e. The molecule has 0 spiro atoms. The number of halogens is 3. The molecule has 1 fully saturated rings. The molecule has 2 amide bonds. The van der Waals surface area contributed by atoms with E-state index in [2.05, 4.69) is 20.8 Å². The average molecular weight is 612 g/mol. The van der Waals surface area contributed by atoms with Crippen LogP contribution in [0, 0.1) is 0 Å². The monoisotopic (exact) mass is 610 g/mol. The van der Waals surface area contributed by atoms with Crippen LogP contribution >= 0.6 is 46.6 Å². The molecule has 0 bridgehead atoms. The highest BCUT2D eigenvalue weighted by Crippen LogP contribution is 2.42. The first-order valence-corrected chi connectivity index (χ1v) is 13.3. The predicted octanol–water partition coefficient (Wildman–Crippen LogP) is 3.24. The average Bonchev–Trinajstić information content (AvgIpc) is 3.41. The number of β-lactam (4-membered cyclic amide) rings is 1. The van der Waals surface area contributed by atoms with Gasteiger partial charge in [-0.05, 0) is 40.8 Å². The van der Waals surface area contributed by atoms with E-state index in [1.165, 1.54) is 34.9 Å². The fourth-order valence-electron chi connectivity index (χ4n) is 3.93. The number of nitrogens with one attached hydrogen (secondary N) is 1. The van der Waals surface area contributed by atoms with Crippen LogP contribution in [0.15, 0.2) is 54.0 Å². The van der Waals surface area contributed by atoms with Gasteiger partial charge in [-0.3, -0.25) is 14.5 Å². The van der Waals surface area contributed by atoms with E-state index in [9.17, 15) is 19.5 Å². The summed E-state index contributed by atoms with van der Waals surface area (Å²) in [6.07, 6.45) is 1.27. The van der Waals surface area contributed by atoms with E-state index in [0.29, 0.717) is 21.4 Å². The Bertz CT molecular complexity index is 1490. The van der Waals surface area contributed by atoms with Crippen LogP contribution in [-0.2, 0) is 20.9 Å². The second-order valence-electron chi connectivity index (χ2n) is 8.28. The van der Waals surface area contributed by atoms with E-state index in [-0.39, 0.29) is 41.1 Å². The van der Waals surface area contributed by atoms with Gasteiger partial charge in [-0.1, -0.05) is 34.8 Å². The number of nitrogens with zero attached hydrogens (tertiary/aromatic N) is 5. The first-order chi connectivity index (χ1) is 18.7. The van der Waals surface area contributed by atoms with Crippen LogP contribution in [0.4, 0.5) is 0 Å². The number of carbonyl (C=O) groups is 3. The summed E-state index contributed by atoms with van der Waals surface area (Å²) < 4.78 is 13.0. The largest absolute Gasteiger partial charge is 0.485 e. The Kier molecular flexibility index (Phi) is 7.84. The Morgan fingerprint density at radius 1 is 1.10 bits per heavy atom. The molecule has 1 unspecified atom stereocenters. The zero-order valence-corrected chi connectivity index (χ0v) is 22.7. The number of carboxylic acid groups (broad SMARTS) is 1. The van der Waals surface area contributed by atoms with Crippen LogP contribution in [0.2, 0.25) is 15.1 Å². The third-order valence-corrected chi connectivity index (χ3v) is 7.79. The number of aliphatic carboxylic acids is 1. The number of rotatable bonds is 9. The van der Waals surface area contributed by atoms with Crippen LogP contribution in [-0.4, -0.2) is 71.8 Å². The molecule has 0 radical (unpaired) electrons. The maximum atomic E-state index is 12.9. The Balaban J connectivity index is 1.30. The van der Waals surface area contributed by atoms with Gasteiger partial charge in [0.25, 0.3) is 5.91 Å². The maximum absolute atomic E-state index is 12.9. The van der Waals surface area contributed by atoms with Gasteiger partial charge in [-0.25, -0.2) is 9.48 Å². The highest BCUT2D eigenvalue weighted by atomic mass is 35.5. The zero-order chi connectivity index (χ0) is 27.7. The summed E-state index contributed by atoms with van der Waals surface area (Å²) in [4.78, 5) is 38.5. The Morgan fingerprint density at radius 2 is 1.85 bits per heavy atom. The number of hydrogen-bond acceptors (Lipinski definition) is 9. The second-order valence-corrected chi connectivity index (χ2v) is 10.7. The van der Waals surface area contributed by atoms with Crippen molar-refractivity contribution in [1.82, 2.24) is 30.4 Å². The molecular weight excluding hydrogens is 595 g/mol. The van der Waals surface area contributed by atoms with E-state index in [1.54, 1.807) is 24.3 Å². The van der Waals surface area contributed by atoms with Gasteiger partial charge in [0.2, 0.25) is 5.91 Å². The molecule has 3 heterocycles. The molecule has 2 N–H and O–H groups in total. The van der Waals surface area contributed by atoms with Crippen molar-refractivity contribution in [1.29, 1.82) is 0 Å². The Hall–Kier alpha value is -3.52.